The molecular formula is C22H24N4O3. The Morgan fingerprint density at radius 1 is 1.14 bits per heavy atom. The first-order chi connectivity index (χ1) is 14.1. The number of carbonyl (C=O) groups is 1. The third-order valence-electron chi connectivity index (χ3n) is 5.20. The van der Waals surface area contributed by atoms with E-state index >= 15 is 0 Å². The molecule has 1 aliphatic rings. The van der Waals surface area contributed by atoms with Crippen LogP contribution in [0.1, 0.15) is 34.6 Å². The summed E-state index contributed by atoms with van der Waals surface area (Å²) in [5.41, 5.74) is 1.52. The Labute approximate surface area is 168 Å². The van der Waals surface area contributed by atoms with Gasteiger partial charge in [0.2, 0.25) is 0 Å². The van der Waals surface area contributed by atoms with Gasteiger partial charge in [-0.3, -0.25) is 9.36 Å². The molecule has 0 saturated carbocycles. The van der Waals surface area contributed by atoms with Gasteiger partial charge in [0.05, 0.1) is 0 Å². The van der Waals surface area contributed by atoms with E-state index in [0.29, 0.717) is 31.6 Å². The summed E-state index contributed by atoms with van der Waals surface area (Å²) in [5.74, 6) is 1.51. The molecule has 1 amide bonds. The summed E-state index contributed by atoms with van der Waals surface area (Å²) in [4.78, 5) is 24.7. The van der Waals surface area contributed by atoms with Crippen LogP contribution in [0.4, 0.5) is 0 Å². The molecular weight excluding hydrogens is 368 g/mol. The molecule has 2 aromatic carbocycles. The SMILES string of the molecule is Cn1nc2n(c1=O)CCC(NC(=O)c1ccc(COc3ccccc3)cc1)CC2. The van der Waals surface area contributed by atoms with Crippen LogP contribution in [-0.2, 0) is 26.6 Å². The summed E-state index contributed by atoms with van der Waals surface area (Å²) < 4.78 is 8.81. The van der Waals surface area contributed by atoms with Gasteiger partial charge in [-0.2, -0.15) is 5.10 Å². The van der Waals surface area contributed by atoms with Crippen molar-refractivity contribution in [1.82, 2.24) is 19.7 Å². The first-order valence-electron chi connectivity index (χ1n) is 9.80. The fraction of sp³-hybridized carbons (Fsp3) is 0.318. The van der Waals surface area contributed by atoms with Gasteiger partial charge in [0.1, 0.15) is 18.2 Å². The summed E-state index contributed by atoms with van der Waals surface area (Å²) in [5, 5.41) is 7.37. The number of aryl methyl sites for hydroxylation is 2. The van der Waals surface area contributed by atoms with Crippen molar-refractivity contribution in [1.29, 1.82) is 0 Å². The number of benzene rings is 2. The quantitative estimate of drug-likeness (QED) is 0.723. The Morgan fingerprint density at radius 2 is 1.90 bits per heavy atom. The number of para-hydroxylation sites is 1. The molecule has 1 unspecified atom stereocenters. The van der Waals surface area contributed by atoms with E-state index in [2.05, 4.69) is 10.4 Å². The molecule has 1 aliphatic heterocycles. The van der Waals surface area contributed by atoms with Crippen molar-refractivity contribution in [2.75, 3.05) is 0 Å². The van der Waals surface area contributed by atoms with Crippen molar-refractivity contribution < 1.29 is 9.53 Å². The van der Waals surface area contributed by atoms with Gasteiger partial charge in [-0.05, 0) is 42.7 Å². The van der Waals surface area contributed by atoms with E-state index in [0.717, 1.165) is 23.6 Å². The average Bonchev–Trinajstić information content (AvgIpc) is 2.89. The number of fused-ring (bicyclic) bond motifs is 1. The molecule has 3 aromatic rings. The minimum absolute atomic E-state index is 0.0231. The van der Waals surface area contributed by atoms with Crippen LogP contribution in [0, 0.1) is 0 Å². The number of nitrogens with one attached hydrogen (secondary N) is 1. The third-order valence-corrected chi connectivity index (χ3v) is 5.20. The molecule has 0 fully saturated rings. The van der Waals surface area contributed by atoms with Crippen molar-refractivity contribution in [3.8, 4) is 5.75 Å². The zero-order valence-electron chi connectivity index (χ0n) is 16.4. The minimum Gasteiger partial charge on any atom is -0.489 e. The molecule has 2 heterocycles. The molecule has 0 radical (unpaired) electrons. The number of hydrogen-bond donors (Lipinski definition) is 1. The van der Waals surface area contributed by atoms with Gasteiger partial charge in [-0.25, -0.2) is 9.48 Å². The molecule has 150 valence electrons. The summed E-state index contributed by atoms with van der Waals surface area (Å²) in [6.45, 7) is 1.03. The van der Waals surface area contributed by atoms with Crippen molar-refractivity contribution in [2.45, 2.75) is 38.5 Å². The lowest BCUT2D eigenvalue weighted by molar-refractivity contribution is 0.0933. The molecule has 0 bridgehead atoms. The lowest BCUT2D eigenvalue weighted by Gasteiger charge is -2.16. The maximum Gasteiger partial charge on any atom is 0.345 e. The highest BCUT2D eigenvalue weighted by molar-refractivity contribution is 5.94. The predicted molar refractivity (Wildman–Crippen MR) is 109 cm³/mol. The number of amides is 1. The average molecular weight is 392 g/mol. The zero-order valence-corrected chi connectivity index (χ0v) is 16.4. The molecule has 7 heteroatoms. The Bertz CT molecular complexity index is 1040. The fourth-order valence-electron chi connectivity index (χ4n) is 3.55. The van der Waals surface area contributed by atoms with Crippen molar-refractivity contribution in [2.24, 2.45) is 7.05 Å². The molecule has 1 aromatic heterocycles. The Balaban J connectivity index is 1.32. The van der Waals surface area contributed by atoms with Crippen LogP contribution in [0.25, 0.3) is 0 Å². The van der Waals surface area contributed by atoms with Crippen LogP contribution in [-0.4, -0.2) is 26.3 Å². The maximum absolute atomic E-state index is 12.6. The van der Waals surface area contributed by atoms with E-state index < -0.39 is 0 Å². The molecule has 1 atom stereocenters. The summed E-state index contributed by atoms with van der Waals surface area (Å²) in [6.07, 6.45) is 2.16. The Kier molecular flexibility index (Phi) is 5.46. The van der Waals surface area contributed by atoms with Gasteiger partial charge in [0.15, 0.2) is 0 Å². The van der Waals surface area contributed by atoms with E-state index in [1.54, 1.807) is 11.6 Å². The van der Waals surface area contributed by atoms with Gasteiger partial charge < -0.3 is 10.1 Å². The van der Waals surface area contributed by atoms with E-state index in [4.69, 9.17) is 4.74 Å². The lowest BCUT2D eigenvalue weighted by atomic mass is 10.1. The normalized spacial score (nSPS) is 16.0. The lowest BCUT2D eigenvalue weighted by Crippen LogP contribution is -2.35. The monoisotopic (exact) mass is 392 g/mol. The first kappa shape index (κ1) is 19.0. The number of ether oxygens (including phenoxy) is 1. The summed E-state index contributed by atoms with van der Waals surface area (Å²) in [7, 11) is 1.66. The number of nitrogens with zero attached hydrogens (tertiary/aromatic N) is 3. The van der Waals surface area contributed by atoms with E-state index in [1.165, 1.54) is 4.68 Å². The number of aromatic nitrogens is 3. The highest BCUT2D eigenvalue weighted by atomic mass is 16.5. The zero-order chi connectivity index (χ0) is 20.2. The van der Waals surface area contributed by atoms with Gasteiger partial charge >= 0.3 is 5.69 Å². The second-order valence-electron chi connectivity index (χ2n) is 7.27. The van der Waals surface area contributed by atoms with Gasteiger partial charge in [-0.15, -0.1) is 0 Å². The Hall–Kier alpha value is -3.35. The van der Waals surface area contributed by atoms with Crippen LogP contribution in [0.5, 0.6) is 5.75 Å². The number of rotatable bonds is 5. The Morgan fingerprint density at radius 3 is 2.66 bits per heavy atom. The topological polar surface area (TPSA) is 78.2 Å². The van der Waals surface area contributed by atoms with Crippen molar-refractivity contribution in [3.63, 3.8) is 0 Å². The minimum atomic E-state index is -0.0991. The second kappa shape index (κ2) is 8.34. The van der Waals surface area contributed by atoms with Crippen LogP contribution in [0.3, 0.4) is 0 Å². The molecule has 0 aliphatic carbocycles. The third kappa shape index (κ3) is 4.39. The maximum atomic E-state index is 12.6. The van der Waals surface area contributed by atoms with Crippen LogP contribution in [0.15, 0.2) is 59.4 Å². The van der Waals surface area contributed by atoms with Gasteiger partial charge in [0.25, 0.3) is 5.91 Å². The molecule has 0 spiro atoms. The van der Waals surface area contributed by atoms with E-state index in [1.807, 2.05) is 54.6 Å². The smallest absolute Gasteiger partial charge is 0.345 e. The molecule has 0 saturated heterocycles. The number of hydrogen-bond acceptors (Lipinski definition) is 4. The van der Waals surface area contributed by atoms with Crippen molar-refractivity contribution >= 4 is 5.91 Å². The highest BCUT2D eigenvalue weighted by Crippen LogP contribution is 2.14. The summed E-state index contributed by atoms with van der Waals surface area (Å²) >= 11 is 0. The standard InChI is InChI=1S/C22H24N4O3/c1-25-22(28)26-14-13-18(11-12-20(26)24-25)23-21(27)17-9-7-16(8-10-17)15-29-19-5-3-2-4-6-19/h2-10,18H,11-15H2,1H3,(H,23,27). The van der Waals surface area contributed by atoms with Crippen LogP contribution >= 0.6 is 0 Å². The second-order valence-corrected chi connectivity index (χ2v) is 7.27. The predicted octanol–water partition coefficient (Wildman–Crippen LogP) is 2.30. The van der Waals surface area contributed by atoms with E-state index in [9.17, 15) is 9.59 Å². The molecule has 7 nitrogen and oxygen atoms in total. The van der Waals surface area contributed by atoms with Crippen LogP contribution < -0.4 is 15.7 Å². The fourth-order valence-corrected chi connectivity index (χ4v) is 3.55. The molecule has 1 N–H and O–H groups in total. The number of carbonyl (C=O) groups excluding carboxylic acids is 1. The highest BCUT2D eigenvalue weighted by Gasteiger charge is 2.21. The van der Waals surface area contributed by atoms with Crippen molar-refractivity contribution in [3.05, 3.63) is 82.0 Å². The van der Waals surface area contributed by atoms with Gasteiger partial charge in [0, 0.05) is 31.6 Å². The van der Waals surface area contributed by atoms with Gasteiger partial charge in [-0.1, -0.05) is 30.3 Å². The summed E-state index contributed by atoms with van der Waals surface area (Å²) in [6, 6.07) is 17.1. The van der Waals surface area contributed by atoms with Crippen LogP contribution in [0.2, 0.25) is 0 Å². The largest absolute Gasteiger partial charge is 0.489 e. The molecule has 29 heavy (non-hydrogen) atoms. The first-order valence-corrected chi connectivity index (χ1v) is 9.80. The van der Waals surface area contributed by atoms with E-state index in [-0.39, 0.29) is 17.6 Å². The molecule has 4 rings (SSSR count).